The average Bonchev–Trinajstić information content (AvgIpc) is 3.14. The molecule has 0 saturated heterocycles. The van der Waals surface area contributed by atoms with Gasteiger partial charge in [-0.15, -0.1) is 0 Å². The van der Waals surface area contributed by atoms with Crippen molar-refractivity contribution in [3.63, 3.8) is 0 Å². The van der Waals surface area contributed by atoms with E-state index < -0.39 is 22.0 Å². The molecule has 3 N–H and O–H groups in total. The van der Waals surface area contributed by atoms with Crippen LogP contribution >= 0.6 is 0 Å². The Morgan fingerprint density at radius 3 is 2.42 bits per heavy atom. The van der Waals surface area contributed by atoms with Crippen molar-refractivity contribution < 1.29 is 22.4 Å². The van der Waals surface area contributed by atoms with Crippen LogP contribution < -0.4 is 15.4 Å². The van der Waals surface area contributed by atoms with E-state index in [1.807, 2.05) is 0 Å². The highest BCUT2D eigenvalue weighted by atomic mass is 32.2. The third kappa shape index (κ3) is 5.17. The number of benzene rings is 1. The molecule has 2 rings (SSSR count). The van der Waals surface area contributed by atoms with Gasteiger partial charge in [-0.3, -0.25) is 9.59 Å². The van der Waals surface area contributed by atoms with Gasteiger partial charge in [0, 0.05) is 12.1 Å². The predicted octanol–water partition coefficient (Wildman–Crippen LogP) is 1.01. The zero-order valence-electron chi connectivity index (χ0n) is 14.5. The Morgan fingerprint density at radius 1 is 1.15 bits per heavy atom. The first-order valence-corrected chi connectivity index (χ1v) is 9.52. The topological polar surface area (TPSA) is 118 Å². The molecule has 0 radical (unpaired) electrons. The third-order valence-corrected chi connectivity index (χ3v) is 4.95. The van der Waals surface area contributed by atoms with Crippen LogP contribution in [0.15, 0.2) is 52.0 Å². The van der Waals surface area contributed by atoms with Gasteiger partial charge in [0.25, 0.3) is 5.91 Å². The monoisotopic (exact) mass is 379 g/mol. The summed E-state index contributed by atoms with van der Waals surface area (Å²) < 4.78 is 32.0. The van der Waals surface area contributed by atoms with Gasteiger partial charge in [0.15, 0.2) is 0 Å². The Balaban J connectivity index is 2.00. The highest BCUT2D eigenvalue weighted by Gasteiger charge is 2.18. The van der Waals surface area contributed by atoms with Gasteiger partial charge < -0.3 is 15.1 Å². The predicted molar refractivity (Wildman–Crippen MR) is 94.8 cm³/mol. The van der Waals surface area contributed by atoms with Crippen molar-refractivity contribution in [2.24, 2.45) is 0 Å². The summed E-state index contributed by atoms with van der Waals surface area (Å²) in [6, 6.07) is 8.07. The molecule has 0 aliphatic heterocycles. The van der Waals surface area contributed by atoms with E-state index in [1.54, 1.807) is 26.0 Å². The second-order valence-corrected chi connectivity index (χ2v) is 7.28. The highest BCUT2D eigenvalue weighted by molar-refractivity contribution is 7.89. The number of hydrogen-bond donors (Lipinski definition) is 3. The molecule has 1 heterocycles. The lowest BCUT2D eigenvalue weighted by Gasteiger charge is -2.13. The molecule has 1 aromatic carbocycles. The number of likely N-dealkylation sites (N-methyl/N-ethyl adjacent to an activating group) is 1. The Hall–Kier alpha value is -2.65. The number of rotatable bonds is 8. The summed E-state index contributed by atoms with van der Waals surface area (Å²) >= 11 is 0. The molecule has 0 bridgehead atoms. The normalized spacial score (nSPS) is 12.4. The third-order valence-electron chi connectivity index (χ3n) is 3.54. The first kappa shape index (κ1) is 19.7. The molecule has 9 heteroatoms. The van der Waals surface area contributed by atoms with Gasteiger partial charge in [0.05, 0.1) is 17.7 Å². The lowest BCUT2D eigenvalue weighted by Crippen LogP contribution is -2.44. The van der Waals surface area contributed by atoms with E-state index in [1.165, 1.54) is 30.5 Å². The lowest BCUT2D eigenvalue weighted by atomic mass is 10.2. The van der Waals surface area contributed by atoms with E-state index in [-0.39, 0.29) is 22.9 Å². The van der Waals surface area contributed by atoms with Crippen LogP contribution in [0.2, 0.25) is 0 Å². The van der Waals surface area contributed by atoms with Gasteiger partial charge in [-0.2, -0.15) is 0 Å². The van der Waals surface area contributed by atoms with Crippen LogP contribution in [0.5, 0.6) is 0 Å². The van der Waals surface area contributed by atoms with E-state index in [0.29, 0.717) is 12.3 Å². The molecule has 0 unspecified atom stereocenters. The Kier molecular flexibility index (Phi) is 6.53. The van der Waals surface area contributed by atoms with E-state index in [4.69, 9.17) is 4.42 Å². The quantitative estimate of drug-likeness (QED) is 0.633. The number of hydrogen-bond acceptors (Lipinski definition) is 5. The van der Waals surface area contributed by atoms with Crippen molar-refractivity contribution in [2.45, 2.75) is 31.3 Å². The van der Waals surface area contributed by atoms with E-state index in [9.17, 15) is 18.0 Å². The fraction of sp³-hybridized carbons (Fsp3) is 0.294. The molecule has 0 aliphatic carbocycles. The molecule has 1 aromatic heterocycles. The van der Waals surface area contributed by atoms with Crippen molar-refractivity contribution in [1.29, 1.82) is 0 Å². The van der Waals surface area contributed by atoms with Crippen LogP contribution in [0.4, 0.5) is 0 Å². The van der Waals surface area contributed by atoms with Gasteiger partial charge in [-0.25, -0.2) is 13.1 Å². The summed E-state index contributed by atoms with van der Waals surface area (Å²) in [5.41, 5.74) is 0.256. The van der Waals surface area contributed by atoms with Crippen LogP contribution in [-0.2, 0) is 21.4 Å². The second-order valence-electron chi connectivity index (χ2n) is 5.52. The fourth-order valence-electron chi connectivity index (χ4n) is 2.12. The SMILES string of the molecule is CCNC(=O)[C@@H](C)NC(=O)c1ccc(S(=O)(=O)NCc2ccco2)cc1. The van der Waals surface area contributed by atoms with Gasteiger partial charge >= 0.3 is 0 Å². The van der Waals surface area contributed by atoms with Crippen LogP contribution in [0.25, 0.3) is 0 Å². The maximum absolute atomic E-state index is 12.2. The molecule has 2 amide bonds. The van der Waals surface area contributed by atoms with Crippen molar-refractivity contribution in [1.82, 2.24) is 15.4 Å². The molecule has 0 saturated carbocycles. The maximum atomic E-state index is 12.2. The Morgan fingerprint density at radius 2 is 1.85 bits per heavy atom. The molecular weight excluding hydrogens is 358 g/mol. The smallest absolute Gasteiger partial charge is 0.251 e. The number of carbonyl (C=O) groups excluding carboxylic acids is 2. The van der Waals surface area contributed by atoms with Gasteiger partial charge in [0.1, 0.15) is 11.8 Å². The fourth-order valence-corrected chi connectivity index (χ4v) is 3.11. The first-order chi connectivity index (χ1) is 12.3. The minimum Gasteiger partial charge on any atom is -0.468 e. The molecule has 1 atom stereocenters. The lowest BCUT2D eigenvalue weighted by molar-refractivity contribution is -0.122. The standard InChI is InChI=1S/C17H21N3O5S/c1-3-18-16(21)12(2)20-17(22)13-6-8-15(9-7-13)26(23,24)19-11-14-5-4-10-25-14/h4-10,12,19H,3,11H2,1-2H3,(H,18,21)(H,20,22)/t12-/m1/s1. The average molecular weight is 379 g/mol. The molecule has 0 fully saturated rings. The van der Waals surface area contributed by atoms with Gasteiger partial charge in [-0.1, -0.05) is 0 Å². The number of carbonyl (C=O) groups is 2. The molecule has 8 nitrogen and oxygen atoms in total. The zero-order chi connectivity index (χ0) is 19.2. The zero-order valence-corrected chi connectivity index (χ0v) is 15.3. The minimum absolute atomic E-state index is 0.0254. The van der Waals surface area contributed by atoms with Gasteiger partial charge in [0.2, 0.25) is 15.9 Å². The Labute approximate surface area is 152 Å². The van der Waals surface area contributed by atoms with Gasteiger partial charge in [-0.05, 0) is 50.2 Å². The van der Waals surface area contributed by atoms with Crippen molar-refractivity contribution in [3.05, 3.63) is 54.0 Å². The number of furan rings is 1. The summed E-state index contributed by atoms with van der Waals surface area (Å²) in [6.07, 6.45) is 1.46. The number of sulfonamides is 1. The summed E-state index contributed by atoms with van der Waals surface area (Å²) in [6.45, 7) is 3.85. The van der Waals surface area contributed by atoms with Crippen molar-refractivity contribution in [2.75, 3.05) is 6.54 Å². The number of nitrogens with one attached hydrogen (secondary N) is 3. The molecule has 0 spiro atoms. The summed E-state index contributed by atoms with van der Waals surface area (Å²) in [5.74, 6) is -0.262. The van der Waals surface area contributed by atoms with Crippen LogP contribution in [-0.4, -0.2) is 32.8 Å². The second kappa shape index (κ2) is 8.63. The Bertz CT molecular complexity index is 845. The van der Waals surface area contributed by atoms with E-state index in [0.717, 1.165) is 0 Å². The summed E-state index contributed by atoms with van der Waals surface area (Å²) in [7, 11) is -3.73. The van der Waals surface area contributed by atoms with Crippen molar-refractivity contribution in [3.8, 4) is 0 Å². The van der Waals surface area contributed by atoms with E-state index >= 15 is 0 Å². The minimum atomic E-state index is -3.73. The first-order valence-electron chi connectivity index (χ1n) is 8.04. The maximum Gasteiger partial charge on any atom is 0.251 e. The number of amides is 2. The molecule has 0 aliphatic rings. The molecule has 26 heavy (non-hydrogen) atoms. The van der Waals surface area contributed by atoms with Crippen LogP contribution in [0, 0.1) is 0 Å². The summed E-state index contributed by atoms with van der Waals surface area (Å²) in [4.78, 5) is 23.8. The van der Waals surface area contributed by atoms with Crippen LogP contribution in [0.3, 0.4) is 0 Å². The highest BCUT2D eigenvalue weighted by Crippen LogP contribution is 2.12. The molecule has 140 valence electrons. The summed E-state index contributed by atoms with van der Waals surface area (Å²) in [5, 5.41) is 5.16. The van der Waals surface area contributed by atoms with Crippen molar-refractivity contribution >= 4 is 21.8 Å². The van der Waals surface area contributed by atoms with E-state index in [2.05, 4.69) is 15.4 Å². The van der Waals surface area contributed by atoms with Crippen LogP contribution in [0.1, 0.15) is 30.0 Å². The largest absolute Gasteiger partial charge is 0.468 e. The molecule has 2 aromatic rings. The molecular formula is C17H21N3O5S.